The number of hydrogen-bond donors (Lipinski definition) is 1. The molecule has 2 rings (SSSR count). The van der Waals surface area contributed by atoms with Gasteiger partial charge in [-0.2, -0.15) is 0 Å². The molecule has 0 radical (unpaired) electrons. The van der Waals surface area contributed by atoms with Gasteiger partial charge in [-0.15, -0.1) is 0 Å². The van der Waals surface area contributed by atoms with E-state index in [1.165, 1.54) is 41.6 Å². The van der Waals surface area contributed by atoms with Crippen molar-refractivity contribution in [3.63, 3.8) is 0 Å². The monoisotopic (exact) mass is 306 g/mol. The molecule has 9 nitrogen and oxygen atoms in total. The van der Waals surface area contributed by atoms with E-state index in [1.54, 1.807) is 13.2 Å². The van der Waals surface area contributed by atoms with Crippen LogP contribution in [0.2, 0.25) is 0 Å². The molecule has 0 saturated heterocycles. The normalized spacial score (nSPS) is 10.3. The first-order valence-electron chi connectivity index (χ1n) is 6.23. The minimum Gasteiger partial charge on any atom is -0.464 e. The fourth-order valence-electron chi connectivity index (χ4n) is 2.05. The Balaban J connectivity index is 2.58. The third-order valence-electron chi connectivity index (χ3n) is 3.14. The third-order valence-corrected chi connectivity index (χ3v) is 3.14. The number of aryl methyl sites for hydroxylation is 1. The van der Waals surface area contributed by atoms with Gasteiger partial charge in [-0.3, -0.25) is 14.9 Å². The van der Waals surface area contributed by atoms with Crippen molar-refractivity contribution in [2.75, 3.05) is 14.2 Å². The zero-order valence-electron chi connectivity index (χ0n) is 12.2. The van der Waals surface area contributed by atoms with Crippen LogP contribution in [0.15, 0.2) is 24.5 Å². The van der Waals surface area contributed by atoms with E-state index in [9.17, 15) is 19.7 Å². The Labute approximate surface area is 125 Å². The maximum absolute atomic E-state index is 11.9. The molecule has 22 heavy (non-hydrogen) atoms. The number of esters is 1. The quantitative estimate of drug-likeness (QED) is 0.512. The van der Waals surface area contributed by atoms with Crippen LogP contribution in [0.4, 0.5) is 5.69 Å². The average Bonchev–Trinajstić information content (AvgIpc) is 3.09. The van der Waals surface area contributed by atoms with E-state index >= 15 is 0 Å². The summed E-state index contributed by atoms with van der Waals surface area (Å²) in [7, 11) is 4.31. The molecular weight excluding hydrogens is 292 g/mol. The Bertz CT molecular complexity index is 759. The Morgan fingerprint density at radius 2 is 1.95 bits per heavy atom. The summed E-state index contributed by atoms with van der Waals surface area (Å²) in [4.78, 5) is 33.8. The number of carbonyl (C=O) groups is 2. The van der Waals surface area contributed by atoms with Gasteiger partial charge < -0.3 is 19.2 Å². The van der Waals surface area contributed by atoms with Gasteiger partial charge in [-0.05, 0) is 6.07 Å². The summed E-state index contributed by atoms with van der Waals surface area (Å²) >= 11 is 0. The molecule has 0 unspecified atom stereocenters. The highest BCUT2D eigenvalue weighted by atomic mass is 16.6. The molecule has 0 saturated carbocycles. The van der Waals surface area contributed by atoms with Gasteiger partial charge in [0.15, 0.2) is 0 Å². The van der Waals surface area contributed by atoms with Crippen LogP contribution < -0.4 is 5.32 Å². The van der Waals surface area contributed by atoms with Crippen LogP contribution >= 0.6 is 0 Å². The Hall–Kier alpha value is -3.10. The van der Waals surface area contributed by atoms with Gasteiger partial charge in [0, 0.05) is 26.4 Å². The second kappa shape index (κ2) is 5.72. The van der Waals surface area contributed by atoms with Crippen molar-refractivity contribution in [3.05, 3.63) is 46.0 Å². The lowest BCUT2D eigenvalue weighted by Crippen LogP contribution is -2.20. The summed E-state index contributed by atoms with van der Waals surface area (Å²) in [6, 6.07) is 2.66. The fourth-order valence-corrected chi connectivity index (χ4v) is 2.05. The van der Waals surface area contributed by atoms with Crippen molar-refractivity contribution in [3.8, 4) is 5.69 Å². The van der Waals surface area contributed by atoms with E-state index in [4.69, 9.17) is 0 Å². The summed E-state index contributed by atoms with van der Waals surface area (Å²) in [5.74, 6) is -1.02. The first kappa shape index (κ1) is 15.3. The molecule has 0 atom stereocenters. The lowest BCUT2D eigenvalue weighted by Gasteiger charge is -2.04. The lowest BCUT2D eigenvalue weighted by molar-refractivity contribution is -0.384. The zero-order chi connectivity index (χ0) is 16.4. The lowest BCUT2D eigenvalue weighted by atomic mass is 10.3. The summed E-state index contributed by atoms with van der Waals surface area (Å²) in [6.07, 6.45) is 2.80. The highest BCUT2D eigenvalue weighted by Gasteiger charge is 2.21. The molecule has 0 aromatic carbocycles. The molecule has 0 spiro atoms. The van der Waals surface area contributed by atoms with E-state index in [2.05, 4.69) is 10.1 Å². The summed E-state index contributed by atoms with van der Waals surface area (Å²) in [5.41, 5.74) is 0.574. The molecular formula is C13H14N4O5. The third kappa shape index (κ3) is 2.55. The number of ether oxygens (including phenoxy) is 1. The van der Waals surface area contributed by atoms with Crippen LogP contribution in [-0.4, -0.2) is 40.1 Å². The van der Waals surface area contributed by atoms with E-state index in [1.807, 2.05) is 0 Å². The number of nitro groups is 1. The molecule has 0 aliphatic rings. The predicted octanol–water partition coefficient (Wildman–Crippen LogP) is 0.870. The van der Waals surface area contributed by atoms with Crippen molar-refractivity contribution in [1.82, 2.24) is 14.5 Å². The number of hydrogen-bond acceptors (Lipinski definition) is 5. The summed E-state index contributed by atoms with van der Waals surface area (Å²) < 4.78 is 7.52. The van der Waals surface area contributed by atoms with Gasteiger partial charge in [0.2, 0.25) is 0 Å². The summed E-state index contributed by atoms with van der Waals surface area (Å²) in [5, 5.41) is 13.3. The fraction of sp³-hybridized carbons (Fsp3) is 0.231. The second-order valence-corrected chi connectivity index (χ2v) is 4.48. The van der Waals surface area contributed by atoms with E-state index in [0.717, 1.165) is 0 Å². The smallest absolute Gasteiger partial charge is 0.354 e. The molecule has 1 N–H and O–H groups in total. The van der Waals surface area contributed by atoms with Crippen LogP contribution in [0.3, 0.4) is 0 Å². The van der Waals surface area contributed by atoms with E-state index in [0.29, 0.717) is 5.69 Å². The number of carbonyl (C=O) groups excluding carboxylic acids is 2. The molecule has 2 aromatic heterocycles. The Morgan fingerprint density at radius 3 is 2.50 bits per heavy atom. The average molecular weight is 306 g/mol. The molecule has 1 amide bonds. The van der Waals surface area contributed by atoms with Crippen molar-refractivity contribution in [1.29, 1.82) is 0 Å². The predicted molar refractivity (Wildman–Crippen MR) is 76.1 cm³/mol. The van der Waals surface area contributed by atoms with Gasteiger partial charge in [0.1, 0.15) is 11.4 Å². The van der Waals surface area contributed by atoms with Crippen LogP contribution in [0.1, 0.15) is 21.0 Å². The first-order chi connectivity index (χ1) is 10.4. The molecule has 0 aliphatic heterocycles. The molecule has 0 fully saturated rings. The molecule has 0 aliphatic carbocycles. The van der Waals surface area contributed by atoms with Crippen molar-refractivity contribution < 1.29 is 19.2 Å². The maximum atomic E-state index is 11.9. The van der Waals surface area contributed by atoms with Gasteiger partial charge in [0.05, 0.1) is 23.9 Å². The molecule has 2 heterocycles. The second-order valence-electron chi connectivity index (χ2n) is 4.48. The standard InChI is InChI=1S/C13H14N4O5/c1-14-12(18)10-5-9(17(20)21)7-16(10)8-4-11(13(19)22-3)15(2)6-8/h4-7H,1-3H3,(H,14,18). The molecule has 2 aromatic rings. The minimum absolute atomic E-state index is 0.0937. The van der Waals surface area contributed by atoms with Crippen molar-refractivity contribution in [2.24, 2.45) is 7.05 Å². The van der Waals surface area contributed by atoms with Gasteiger partial charge in [0.25, 0.3) is 11.6 Å². The number of nitrogens with one attached hydrogen (secondary N) is 1. The maximum Gasteiger partial charge on any atom is 0.354 e. The largest absolute Gasteiger partial charge is 0.464 e. The van der Waals surface area contributed by atoms with E-state index in [-0.39, 0.29) is 17.1 Å². The topological polar surface area (TPSA) is 108 Å². The van der Waals surface area contributed by atoms with Gasteiger partial charge in [-0.1, -0.05) is 0 Å². The van der Waals surface area contributed by atoms with Crippen molar-refractivity contribution >= 4 is 17.6 Å². The number of amides is 1. The molecule has 116 valence electrons. The number of aromatic nitrogens is 2. The van der Waals surface area contributed by atoms with Gasteiger partial charge >= 0.3 is 5.97 Å². The number of rotatable bonds is 4. The molecule has 9 heteroatoms. The highest BCUT2D eigenvalue weighted by molar-refractivity contribution is 5.94. The SMILES string of the molecule is CNC(=O)c1cc([N+](=O)[O-])cn1-c1cc(C(=O)OC)n(C)c1. The minimum atomic E-state index is -0.590. The van der Waals surface area contributed by atoms with Crippen LogP contribution in [0.5, 0.6) is 0 Å². The first-order valence-corrected chi connectivity index (χ1v) is 6.23. The van der Waals surface area contributed by atoms with Crippen LogP contribution in [0.25, 0.3) is 5.69 Å². The highest BCUT2D eigenvalue weighted by Crippen LogP contribution is 2.23. The summed E-state index contributed by atoms with van der Waals surface area (Å²) in [6.45, 7) is 0. The Morgan fingerprint density at radius 1 is 1.27 bits per heavy atom. The van der Waals surface area contributed by atoms with Gasteiger partial charge in [-0.25, -0.2) is 4.79 Å². The molecule has 0 bridgehead atoms. The number of methoxy groups -OCH3 is 1. The Kier molecular flexibility index (Phi) is 3.97. The number of nitrogens with zero attached hydrogens (tertiary/aromatic N) is 3. The van der Waals surface area contributed by atoms with E-state index < -0.39 is 16.8 Å². The zero-order valence-corrected chi connectivity index (χ0v) is 12.2. The van der Waals surface area contributed by atoms with Crippen molar-refractivity contribution in [2.45, 2.75) is 0 Å². The van der Waals surface area contributed by atoms with Crippen LogP contribution in [0, 0.1) is 10.1 Å². The van der Waals surface area contributed by atoms with Crippen LogP contribution in [-0.2, 0) is 11.8 Å².